The van der Waals surface area contributed by atoms with Crippen molar-refractivity contribution in [2.24, 2.45) is 0 Å². The van der Waals surface area contributed by atoms with Gasteiger partial charge in [0.1, 0.15) is 23.0 Å². The van der Waals surface area contributed by atoms with Gasteiger partial charge in [0.15, 0.2) is 11.5 Å². The van der Waals surface area contributed by atoms with Gasteiger partial charge < -0.3 is 19.5 Å². The van der Waals surface area contributed by atoms with E-state index in [1.165, 1.54) is 32.4 Å². The van der Waals surface area contributed by atoms with E-state index >= 15 is 0 Å². The smallest absolute Gasteiger partial charge is 0.347 e. The average Bonchev–Trinajstić information content (AvgIpc) is 2.76. The zero-order valence-electron chi connectivity index (χ0n) is 16.1. The minimum Gasteiger partial charge on any atom is -0.496 e. The lowest BCUT2D eigenvalue weighted by molar-refractivity contribution is -0.116. The molecule has 0 saturated heterocycles. The lowest BCUT2D eigenvalue weighted by Gasteiger charge is -2.12. The second kappa shape index (κ2) is 10.3. The van der Waals surface area contributed by atoms with Crippen LogP contribution in [0.3, 0.4) is 0 Å². The van der Waals surface area contributed by atoms with Crippen molar-refractivity contribution in [2.45, 2.75) is 0 Å². The molecule has 2 rings (SSSR count). The third kappa shape index (κ3) is 5.47. The van der Waals surface area contributed by atoms with Gasteiger partial charge in [-0.1, -0.05) is 24.3 Å². The molecule has 0 saturated carbocycles. The Hall–Kier alpha value is -4.05. The molecule has 29 heavy (non-hydrogen) atoms. The van der Waals surface area contributed by atoms with Gasteiger partial charge in [-0.05, 0) is 35.9 Å². The molecule has 0 unspecified atom stereocenters. The molecule has 0 spiro atoms. The molecule has 0 atom stereocenters. The van der Waals surface area contributed by atoms with E-state index in [1.807, 2.05) is 6.07 Å². The van der Waals surface area contributed by atoms with Crippen LogP contribution >= 0.6 is 0 Å². The average molecular weight is 392 g/mol. The zero-order chi connectivity index (χ0) is 21.2. The summed E-state index contributed by atoms with van der Waals surface area (Å²) in [5.41, 5.74) is 0.726. The fourth-order valence-corrected chi connectivity index (χ4v) is 2.40. The Labute approximate surface area is 168 Å². The van der Waals surface area contributed by atoms with Gasteiger partial charge in [-0.15, -0.1) is 6.58 Å². The number of amides is 1. The normalized spacial score (nSPS) is 10.4. The highest BCUT2D eigenvalue weighted by Gasteiger charge is 2.17. The minimum absolute atomic E-state index is 0.0762. The van der Waals surface area contributed by atoms with Crippen molar-refractivity contribution in [1.82, 2.24) is 5.32 Å². The SMILES string of the molecule is C=CCNC(=O)/C(C#N)=C/c1ccc(OC(=O)c2ccccc2OC)c(OC)c1. The summed E-state index contributed by atoms with van der Waals surface area (Å²) in [7, 11) is 2.89. The first-order chi connectivity index (χ1) is 14.0. The molecule has 7 nitrogen and oxygen atoms in total. The third-order valence-electron chi connectivity index (χ3n) is 3.80. The second-order valence-corrected chi connectivity index (χ2v) is 5.67. The Morgan fingerprint density at radius 3 is 2.48 bits per heavy atom. The monoisotopic (exact) mass is 392 g/mol. The molecule has 148 valence electrons. The predicted octanol–water partition coefficient (Wildman–Crippen LogP) is 3.13. The van der Waals surface area contributed by atoms with E-state index in [4.69, 9.17) is 14.2 Å². The highest BCUT2D eigenvalue weighted by Crippen LogP contribution is 2.30. The second-order valence-electron chi connectivity index (χ2n) is 5.67. The van der Waals surface area contributed by atoms with Crippen molar-refractivity contribution in [2.75, 3.05) is 20.8 Å². The van der Waals surface area contributed by atoms with E-state index in [0.717, 1.165) is 0 Å². The summed E-state index contributed by atoms with van der Waals surface area (Å²) in [6.07, 6.45) is 2.92. The quantitative estimate of drug-likeness (QED) is 0.244. The molecule has 0 bridgehead atoms. The van der Waals surface area contributed by atoms with E-state index in [1.54, 1.807) is 36.4 Å². The van der Waals surface area contributed by atoms with E-state index in [9.17, 15) is 14.9 Å². The number of hydrogen-bond acceptors (Lipinski definition) is 6. The van der Waals surface area contributed by atoms with Gasteiger partial charge in [0, 0.05) is 6.54 Å². The topological polar surface area (TPSA) is 97.7 Å². The highest BCUT2D eigenvalue weighted by molar-refractivity contribution is 6.01. The number of methoxy groups -OCH3 is 2. The largest absolute Gasteiger partial charge is 0.496 e. The Balaban J connectivity index is 2.27. The summed E-state index contributed by atoms with van der Waals surface area (Å²) in [5.74, 6) is -0.273. The maximum atomic E-state index is 12.5. The Morgan fingerprint density at radius 1 is 1.10 bits per heavy atom. The molecule has 2 aromatic carbocycles. The Kier molecular flexibility index (Phi) is 7.57. The number of para-hydroxylation sites is 1. The number of benzene rings is 2. The van der Waals surface area contributed by atoms with Crippen LogP contribution in [0.1, 0.15) is 15.9 Å². The van der Waals surface area contributed by atoms with Crippen molar-refractivity contribution < 1.29 is 23.8 Å². The summed E-state index contributed by atoms with van der Waals surface area (Å²) in [4.78, 5) is 24.4. The number of rotatable bonds is 8. The maximum Gasteiger partial charge on any atom is 0.347 e. The van der Waals surface area contributed by atoms with E-state index in [-0.39, 0.29) is 29.2 Å². The van der Waals surface area contributed by atoms with Gasteiger partial charge in [-0.2, -0.15) is 5.26 Å². The van der Waals surface area contributed by atoms with Crippen molar-refractivity contribution >= 4 is 18.0 Å². The number of hydrogen-bond donors (Lipinski definition) is 1. The van der Waals surface area contributed by atoms with Crippen LogP contribution in [0.5, 0.6) is 17.2 Å². The predicted molar refractivity (Wildman–Crippen MR) is 108 cm³/mol. The summed E-state index contributed by atoms with van der Waals surface area (Å²) >= 11 is 0. The van der Waals surface area contributed by atoms with Crippen molar-refractivity contribution in [3.63, 3.8) is 0 Å². The number of nitrogens with zero attached hydrogens (tertiary/aromatic N) is 1. The first-order valence-corrected chi connectivity index (χ1v) is 8.58. The molecule has 0 aliphatic rings. The molecule has 0 fully saturated rings. The number of esters is 1. The molecule has 7 heteroatoms. The maximum absolute atomic E-state index is 12.5. The summed E-state index contributed by atoms with van der Waals surface area (Å²) in [6, 6.07) is 13.2. The molecular formula is C22H20N2O5. The molecule has 0 heterocycles. The van der Waals surface area contributed by atoms with Gasteiger partial charge in [0.2, 0.25) is 0 Å². The first kappa shape index (κ1) is 21.3. The molecule has 2 aromatic rings. The molecule has 0 aromatic heterocycles. The van der Waals surface area contributed by atoms with Crippen molar-refractivity contribution in [3.05, 3.63) is 71.8 Å². The van der Waals surface area contributed by atoms with E-state index < -0.39 is 11.9 Å². The highest BCUT2D eigenvalue weighted by atomic mass is 16.6. The first-order valence-electron chi connectivity index (χ1n) is 8.58. The van der Waals surface area contributed by atoms with E-state index in [2.05, 4.69) is 11.9 Å². The Bertz CT molecular complexity index is 989. The molecule has 1 amide bonds. The van der Waals surface area contributed by atoms with Crippen LogP contribution in [0.25, 0.3) is 6.08 Å². The van der Waals surface area contributed by atoms with E-state index in [0.29, 0.717) is 11.3 Å². The van der Waals surface area contributed by atoms with Crippen LogP contribution in [-0.2, 0) is 4.79 Å². The fraction of sp³-hybridized carbons (Fsp3) is 0.136. The minimum atomic E-state index is -0.606. The standard InChI is InChI=1S/C22H20N2O5/c1-4-11-24-21(25)16(14-23)12-15-9-10-19(20(13-15)28-3)29-22(26)17-7-5-6-8-18(17)27-2/h4-10,12-13H,1,11H2,2-3H3,(H,24,25)/b16-12+. The number of carbonyl (C=O) groups excluding carboxylic acids is 2. The van der Waals surface area contributed by atoms with Crippen molar-refractivity contribution in [3.8, 4) is 23.3 Å². The van der Waals surface area contributed by atoms with Gasteiger partial charge in [-0.3, -0.25) is 4.79 Å². The Morgan fingerprint density at radius 2 is 1.83 bits per heavy atom. The lowest BCUT2D eigenvalue weighted by atomic mass is 10.1. The molecule has 0 aliphatic carbocycles. The van der Waals surface area contributed by atoms with Gasteiger partial charge in [-0.25, -0.2) is 4.79 Å². The van der Waals surface area contributed by atoms with Crippen LogP contribution in [0.2, 0.25) is 0 Å². The summed E-state index contributed by atoms with van der Waals surface area (Å²) < 4.78 is 15.9. The number of nitrogens with one attached hydrogen (secondary N) is 1. The summed E-state index contributed by atoms with van der Waals surface area (Å²) in [6.45, 7) is 3.76. The van der Waals surface area contributed by atoms with Crippen LogP contribution < -0.4 is 19.5 Å². The van der Waals surface area contributed by atoms with Gasteiger partial charge >= 0.3 is 5.97 Å². The van der Waals surface area contributed by atoms with Crippen LogP contribution in [-0.4, -0.2) is 32.6 Å². The number of ether oxygens (including phenoxy) is 3. The summed E-state index contributed by atoms with van der Waals surface area (Å²) in [5, 5.41) is 11.8. The lowest BCUT2D eigenvalue weighted by Crippen LogP contribution is -2.24. The zero-order valence-corrected chi connectivity index (χ0v) is 16.1. The third-order valence-corrected chi connectivity index (χ3v) is 3.80. The van der Waals surface area contributed by atoms with Crippen LogP contribution in [0, 0.1) is 11.3 Å². The number of carbonyl (C=O) groups is 2. The molecular weight excluding hydrogens is 372 g/mol. The van der Waals surface area contributed by atoms with Crippen LogP contribution in [0.15, 0.2) is 60.7 Å². The van der Waals surface area contributed by atoms with Gasteiger partial charge in [0.25, 0.3) is 5.91 Å². The number of nitriles is 1. The van der Waals surface area contributed by atoms with Crippen LogP contribution in [0.4, 0.5) is 0 Å². The fourth-order valence-electron chi connectivity index (χ4n) is 2.40. The van der Waals surface area contributed by atoms with Gasteiger partial charge in [0.05, 0.1) is 14.2 Å². The molecule has 0 aliphatic heterocycles. The molecule has 1 N–H and O–H groups in total. The van der Waals surface area contributed by atoms with Crippen molar-refractivity contribution in [1.29, 1.82) is 5.26 Å². The molecule has 0 radical (unpaired) electrons.